The van der Waals surface area contributed by atoms with Crippen molar-refractivity contribution in [1.29, 1.82) is 0 Å². The molecule has 3 rings (SSSR count). The number of hydrazone groups is 1. The molecule has 0 bridgehead atoms. The predicted molar refractivity (Wildman–Crippen MR) is 83.9 cm³/mol. The van der Waals surface area contributed by atoms with Crippen LogP contribution in [0.2, 0.25) is 0 Å². The maximum atomic E-state index is 10.9. The minimum absolute atomic E-state index is 0.00273. The molecular weight excluding hydrogens is 282 g/mol. The van der Waals surface area contributed by atoms with Crippen LogP contribution >= 0.6 is 0 Å². The van der Waals surface area contributed by atoms with Crippen molar-refractivity contribution in [3.63, 3.8) is 0 Å². The average molecular weight is 293 g/mol. The Balaban J connectivity index is 1.87. The van der Waals surface area contributed by atoms with Gasteiger partial charge in [0.15, 0.2) is 5.82 Å². The van der Waals surface area contributed by atoms with Crippen molar-refractivity contribution in [2.45, 2.75) is 0 Å². The number of fused-ring (bicyclic) bond motifs is 1. The van der Waals surface area contributed by atoms with Crippen molar-refractivity contribution >= 4 is 28.5 Å². The Morgan fingerprint density at radius 1 is 1.14 bits per heavy atom. The second kappa shape index (κ2) is 5.96. The standard InChI is InChI=1S/C15H11N5O2/c21-20(22)14-8-4-2-6-12(14)10-17-19-15-13-7-3-1-5-11(13)9-16-18-15/h1-10H,(H,18,19)/b17-10+. The first-order valence-electron chi connectivity index (χ1n) is 6.48. The van der Waals surface area contributed by atoms with Gasteiger partial charge in [-0.15, -0.1) is 5.10 Å². The molecular formula is C15H11N5O2. The van der Waals surface area contributed by atoms with Crippen molar-refractivity contribution in [3.05, 3.63) is 70.4 Å². The van der Waals surface area contributed by atoms with Gasteiger partial charge in [-0.2, -0.15) is 10.2 Å². The lowest BCUT2D eigenvalue weighted by atomic mass is 10.2. The molecule has 108 valence electrons. The minimum Gasteiger partial charge on any atom is -0.259 e. The molecule has 0 unspecified atom stereocenters. The van der Waals surface area contributed by atoms with Gasteiger partial charge in [-0.3, -0.25) is 15.5 Å². The van der Waals surface area contributed by atoms with Crippen molar-refractivity contribution < 1.29 is 4.92 Å². The minimum atomic E-state index is -0.445. The number of benzene rings is 2. The van der Waals surface area contributed by atoms with E-state index in [1.54, 1.807) is 24.4 Å². The highest BCUT2D eigenvalue weighted by molar-refractivity contribution is 5.91. The van der Waals surface area contributed by atoms with Crippen LogP contribution in [0.4, 0.5) is 11.5 Å². The van der Waals surface area contributed by atoms with Crippen LogP contribution in [0.1, 0.15) is 5.56 Å². The third kappa shape index (κ3) is 2.73. The van der Waals surface area contributed by atoms with Gasteiger partial charge in [0.1, 0.15) is 0 Å². The normalized spacial score (nSPS) is 10.9. The van der Waals surface area contributed by atoms with E-state index >= 15 is 0 Å². The van der Waals surface area contributed by atoms with Crippen LogP contribution in [0.3, 0.4) is 0 Å². The number of nitro groups is 1. The Hall–Kier alpha value is -3.35. The number of anilines is 1. The van der Waals surface area contributed by atoms with Crippen LogP contribution in [0.15, 0.2) is 59.8 Å². The first-order chi connectivity index (χ1) is 10.8. The zero-order valence-corrected chi connectivity index (χ0v) is 11.4. The van der Waals surface area contributed by atoms with Gasteiger partial charge < -0.3 is 0 Å². The van der Waals surface area contributed by atoms with Crippen LogP contribution in [0, 0.1) is 10.1 Å². The van der Waals surface area contributed by atoms with Crippen molar-refractivity contribution in [2.75, 3.05) is 5.43 Å². The average Bonchev–Trinajstić information content (AvgIpc) is 2.55. The van der Waals surface area contributed by atoms with Gasteiger partial charge in [-0.1, -0.05) is 36.4 Å². The van der Waals surface area contributed by atoms with Crippen LogP contribution in [-0.2, 0) is 0 Å². The Morgan fingerprint density at radius 3 is 2.77 bits per heavy atom. The maximum Gasteiger partial charge on any atom is 0.278 e. The highest BCUT2D eigenvalue weighted by Crippen LogP contribution is 2.19. The molecule has 22 heavy (non-hydrogen) atoms. The highest BCUT2D eigenvalue weighted by atomic mass is 16.6. The van der Waals surface area contributed by atoms with Crippen LogP contribution in [0.25, 0.3) is 10.8 Å². The fraction of sp³-hybridized carbons (Fsp3) is 0. The molecule has 3 aromatic rings. The molecule has 0 atom stereocenters. The van der Waals surface area contributed by atoms with E-state index in [1.807, 2.05) is 24.3 Å². The Labute approximate surface area is 125 Å². The number of para-hydroxylation sites is 1. The lowest BCUT2D eigenvalue weighted by Gasteiger charge is -2.03. The van der Waals surface area contributed by atoms with Crippen LogP contribution in [-0.4, -0.2) is 21.3 Å². The fourth-order valence-electron chi connectivity index (χ4n) is 2.04. The van der Waals surface area contributed by atoms with Crippen LogP contribution in [0.5, 0.6) is 0 Å². The summed E-state index contributed by atoms with van der Waals surface area (Å²) >= 11 is 0. The smallest absolute Gasteiger partial charge is 0.259 e. The predicted octanol–water partition coefficient (Wildman–Crippen LogP) is 2.98. The summed E-state index contributed by atoms with van der Waals surface area (Å²) in [6.45, 7) is 0. The van der Waals surface area contributed by atoms with Gasteiger partial charge in [0, 0.05) is 16.8 Å². The van der Waals surface area contributed by atoms with Crippen LogP contribution < -0.4 is 5.43 Å². The van der Waals surface area contributed by atoms with Gasteiger partial charge in [0.05, 0.1) is 22.9 Å². The number of hydrogen-bond donors (Lipinski definition) is 1. The summed E-state index contributed by atoms with van der Waals surface area (Å²) in [7, 11) is 0. The topological polar surface area (TPSA) is 93.3 Å². The highest BCUT2D eigenvalue weighted by Gasteiger charge is 2.10. The number of nitrogens with zero attached hydrogens (tertiary/aromatic N) is 4. The van der Waals surface area contributed by atoms with E-state index in [9.17, 15) is 10.1 Å². The molecule has 0 saturated carbocycles. The zero-order valence-electron chi connectivity index (χ0n) is 11.4. The Bertz CT molecular complexity index is 858. The van der Waals surface area contributed by atoms with E-state index < -0.39 is 4.92 Å². The molecule has 1 N–H and O–H groups in total. The zero-order chi connectivity index (χ0) is 15.4. The van der Waals surface area contributed by atoms with E-state index in [2.05, 4.69) is 20.7 Å². The number of aromatic nitrogens is 2. The summed E-state index contributed by atoms with van der Waals surface area (Å²) in [5.74, 6) is 0.493. The molecule has 0 saturated heterocycles. The van der Waals surface area contributed by atoms with Gasteiger partial charge in [-0.25, -0.2) is 0 Å². The summed E-state index contributed by atoms with van der Waals surface area (Å²) in [5.41, 5.74) is 3.18. The first kappa shape index (κ1) is 13.6. The largest absolute Gasteiger partial charge is 0.278 e. The number of hydrogen-bond acceptors (Lipinski definition) is 6. The first-order valence-corrected chi connectivity index (χ1v) is 6.48. The second-order valence-electron chi connectivity index (χ2n) is 4.47. The molecule has 0 spiro atoms. The molecule has 1 heterocycles. The molecule has 0 radical (unpaired) electrons. The summed E-state index contributed by atoms with van der Waals surface area (Å²) in [6.07, 6.45) is 3.05. The molecule has 2 aromatic carbocycles. The lowest BCUT2D eigenvalue weighted by molar-refractivity contribution is -0.385. The quantitative estimate of drug-likeness (QED) is 0.453. The summed E-state index contributed by atoms with van der Waals surface area (Å²) in [6, 6.07) is 14.0. The third-order valence-electron chi connectivity index (χ3n) is 3.08. The summed E-state index contributed by atoms with van der Waals surface area (Å²) < 4.78 is 0. The Kier molecular flexibility index (Phi) is 3.69. The van der Waals surface area contributed by atoms with Gasteiger partial charge >= 0.3 is 0 Å². The monoisotopic (exact) mass is 293 g/mol. The Morgan fingerprint density at radius 2 is 1.91 bits per heavy atom. The molecule has 0 fully saturated rings. The van der Waals surface area contributed by atoms with Crippen molar-refractivity contribution in [3.8, 4) is 0 Å². The molecule has 0 amide bonds. The van der Waals surface area contributed by atoms with Gasteiger partial charge in [0.25, 0.3) is 5.69 Å². The maximum absolute atomic E-state index is 10.9. The second-order valence-corrected chi connectivity index (χ2v) is 4.47. The molecule has 0 aliphatic rings. The number of nitrogens with one attached hydrogen (secondary N) is 1. The lowest BCUT2D eigenvalue weighted by Crippen LogP contribution is -1.98. The fourth-order valence-corrected chi connectivity index (χ4v) is 2.04. The van der Waals surface area contributed by atoms with E-state index in [-0.39, 0.29) is 5.69 Å². The van der Waals surface area contributed by atoms with E-state index in [0.717, 1.165) is 10.8 Å². The summed E-state index contributed by atoms with van der Waals surface area (Å²) in [4.78, 5) is 10.5. The molecule has 1 aromatic heterocycles. The molecule has 0 aliphatic heterocycles. The number of rotatable bonds is 4. The van der Waals surface area contributed by atoms with E-state index in [0.29, 0.717) is 11.4 Å². The molecule has 0 aliphatic carbocycles. The molecule has 7 heteroatoms. The van der Waals surface area contributed by atoms with Crippen molar-refractivity contribution in [2.24, 2.45) is 5.10 Å². The van der Waals surface area contributed by atoms with E-state index in [1.165, 1.54) is 12.3 Å². The SMILES string of the molecule is O=[N+]([O-])c1ccccc1/C=N/Nc1nncc2ccccc12. The van der Waals surface area contributed by atoms with Gasteiger partial charge in [-0.05, 0) is 6.07 Å². The molecule has 7 nitrogen and oxygen atoms in total. The van der Waals surface area contributed by atoms with Gasteiger partial charge in [0.2, 0.25) is 0 Å². The van der Waals surface area contributed by atoms with Crippen molar-refractivity contribution in [1.82, 2.24) is 10.2 Å². The number of nitro benzene ring substituents is 1. The van der Waals surface area contributed by atoms with E-state index in [4.69, 9.17) is 0 Å². The summed E-state index contributed by atoms with van der Waals surface area (Å²) in [5, 5.41) is 24.6. The third-order valence-corrected chi connectivity index (χ3v) is 3.08.